The topological polar surface area (TPSA) is 52.6 Å². The first-order chi connectivity index (χ1) is 11.2. The van der Waals surface area contributed by atoms with E-state index in [-0.39, 0.29) is 5.91 Å². The number of rotatable bonds is 5. The number of carbonyl (C=O) groups is 1. The summed E-state index contributed by atoms with van der Waals surface area (Å²) in [5, 5.41) is 13.5. The van der Waals surface area contributed by atoms with Gasteiger partial charge in [-0.3, -0.25) is 9.69 Å². The Morgan fingerprint density at radius 1 is 1.30 bits per heavy atom. The van der Waals surface area contributed by atoms with Gasteiger partial charge >= 0.3 is 0 Å². The van der Waals surface area contributed by atoms with Crippen molar-refractivity contribution >= 4 is 17.7 Å². The van der Waals surface area contributed by atoms with Crippen molar-refractivity contribution in [2.45, 2.75) is 43.9 Å². The molecular formula is C18H26N2O2S. The van der Waals surface area contributed by atoms with Crippen LogP contribution in [0.5, 0.6) is 0 Å². The zero-order valence-electron chi connectivity index (χ0n) is 13.5. The minimum Gasteiger partial charge on any atom is -0.380 e. The monoisotopic (exact) mass is 334 g/mol. The molecule has 2 aliphatic rings. The van der Waals surface area contributed by atoms with Crippen LogP contribution in [0.4, 0.5) is 0 Å². The third-order valence-electron chi connectivity index (χ3n) is 4.97. The molecule has 3 rings (SSSR count). The molecule has 1 unspecified atom stereocenters. The van der Waals surface area contributed by atoms with E-state index in [0.29, 0.717) is 25.4 Å². The Labute approximate surface area is 142 Å². The molecule has 126 valence electrons. The molecule has 0 aliphatic carbocycles. The maximum Gasteiger partial charge on any atom is 0.252 e. The minimum absolute atomic E-state index is 0.177. The molecule has 2 N–H and O–H groups in total. The molecule has 0 saturated carbocycles. The van der Waals surface area contributed by atoms with Crippen LogP contribution in [-0.2, 0) is 11.3 Å². The van der Waals surface area contributed by atoms with Crippen molar-refractivity contribution in [3.8, 4) is 0 Å². The van der Waals surface area contributed by atoms with Gasteiger partial charge in [-0.05, 0) is 49.3 Å². The highest BCUT2D eigenvalue weighted by atomic mass is 32.2. The molecule has 1 amide bonds. The van der Waals surface area contributed by atoms with E-state index in [0.717, 1.165) is 31.0 Å². The van der Waals surface area contributed by atoms with Gasteiger partial charge < -0.3 is 10.4 Å². The molecule has 0 spiro atoms. The van der Waals surface area contributed by atoms with Crippen molar-refractivity contribution in [2.24, 2.45) is 0 Å². The van der Waals surface area contributed by atoms with Crippen molar-refractivity contribution in [3.63, 3.8) is 0 Å². The van der Waals surface area contributed by atoms with Gasteiger partial charge in [0, 0.05) is 19.1 Å². The Morgan fingerprint density at radius 3 is 2.78 bits per heavy atom. The molecule has 2 heterocycles. The Hall–Kier alpha value is -1.04. The van der Waals surface area contributed by atoms with Crippen molar-refractivity contribution in [3.05, 3.63) is 35.9 Å². The molecule has 4 nitrogen and oxygen atoms in total. The van der Waals surface area contributed by atoms with E-state index in [4.69, 9.17) is 0 Å². The number of nitrogens with zero attached hydrogens (tertiary/aromatic N) is 1. The van der Waals surface area contributed by atoms with Crippen LogP contribution in [0.1, 0.15) is 31.2 Å². The smallest absolute Gasteiger partial charge is 0.252 e. The fourth-order valence-electron chi connectivity index (χ4n) is 3.46. The third kappa shape index (κ3) is 4.28. The SMILES string of the molecule is O=C(NCC1CCCN1Cc1ccccc1)C1(O)CCSCC1. The summed E-state index contributed by atoms with van der Waals surface area (Å²) in [6.07, 6.45) is 3.43. The predicted octanol–water partition coefficient (Wildman–Crippen LogP) is 2.03. The van der Waals surface area contributed by atoms with Gasteiger partial charge in [0.2, 0.25) is 0 Å². The number of carbonyl (C=O) groups excluding carboxylic acids is 1. The van der Waals surface area contributed by atoms with Crippen molar-refractivity contribution in [1.82, 2.24) is 10.2 Å². The van der Waals surface area contributed by atoms with E-state index >= 15 is 0 Å². The average Bonchev–Trinajstić information content (AvgIpc) is 3.01. The quantitative estimate of drug-likeness (QED) is 0.865. The number of amides is 1. The van der Waals surface area contributed by atoms with Crippen molar-refractivity contribution < 1.29 is 9.90 Å². The second-order valence-corrected chi connectivity index (χ2v) is 7.83. The summed E-state index contributed by atoms with van der Waals surface area (Å²) < 4.78 is 0. The maximum absolute atomic E-state index is 12.4. The largest absolute Gasteiger partial charge is 0.380 e. The molecule has 1 aromatic carbocycles. The van der Waals surface area contributed by atoms with Gasteiger partial charge in [0.15, 0.2) is 0 Å². The van der Waals surface area contributed by atoms with Gasteiger partial charge in [-0.1, -0.05) is 30.3 Å². The zero-order valence-corrected chi connectivity index (χ0v) is 14.4. The van der Waals surface area contributed by atoms with Gasteiger partial charge in [0.1, 0.15) is 5.60 Å². The lowest BCUT2D eigenvalue weighted by atomic mass is 9.95. The van der Waals surface area contributed by atoms with Crippen LogP contribution in [0.25, 0.3) is 0 Å². The lowest BCUT2D eigenvalue weighted by molar-refractivity contribution is -0.140. The van der Waals surface area contributed by atoms with E-state index in [9.17, 15) is 9.90 Å². The highest BCUT2D eigenvalue weighted by Crippen LogP contribution is 2.27. The first kappa shape index (κ1) is 16.8. The van der Waals surface area contributed by atoms with Crippen molar-refractivity contribution in [1.29, 1.82) is 0 Å². The van der Waals surface area contributed by atoms with E-state index < -0.39 is 5.60 Å². The first-order valence-electron chi connectivity index (χ1n) is 8.54. The molecule has 1 atom stereocenters. The van der Waals surface area contributed by atoms with Gasteiger partial charge in [-0.2, -0.15) is 11.8 Å². The lowest BCUT2D eigenvalue weighted by Gasteiger charge is -2.31. The van der Waals surface area contributed by atoms with Crippen LogP contribution in [0.2, 0.25) is 0 Å². The summed E-state index contributed by atoms with van der Waals surface area (Å²) in [7, 11) is 0. The summed E-state index contributed by atoms with van der Waals surface area (Å²) in [4.78, 5) is 14.8. The summed E-state index contributed by atoms with van der Waals surface area (Å²) in [6, 6.07) is 10.8. The lowest BCUT2D eigenvalue weighted by Crippen LogP contribution is -2.51. The standard InChI is InChI=1S/C18H26N2O2S/c21-17(18(22)8-11-23-12-9-18)19-13-16-7-4-10-20(16)14-15-5-2-1-3-6-15/h1-3,5-6,16,22H,4,7-14H2,(H,19,21). The molecule has 0 aromatic heterocycles. The van der Waals surface area contributed by atoms with Crippen LogP contribution in [0, 0.1) is 0 Å². The van der Waals surface area contributed by atoms with Crippen LogP contribution in [0.15, 0.2) is 30.3 Å². The minimum atomic E-state index is -1.14. The molecule has 23 heavy (non-hydrogen) atoms. The normalized spacial score (nSPS) is 24.5. The number of nitrogens with one attached hydrogen (secondary N) is 1. The van der Waals surface area contributed by atoms with Crippen LogP contribution < -0.4 is 5.32 Å². The summed E-state index contributed by atoms with van der Waals surface area (Å²) in [5.74, 6) is 1.56. The van der Waals surface area contributed by atoms with E-state index in [2.05, 4.69) is 34.5 Å². The Balaban J connectivity index is 1.51. The number of hydrogen-bond acceptors (Lipinski definition) is 4. The summed E-state index contributed by atoms with van der Waals surface area (Å²) >= 11 is 1.81. The molecule has 5 heteroatoms. The molecule has 0 bridgehead atoms. The van der Waals surface area contributed by atoms with Crippen molar-refractivity contribution in [2.75, 3.05) is 24.6 Å². The fourth-order valence-corrected chi connectivity index (χ4v) is 4.63. The van der Waals surface area contributed by atoms with E-state index in [1.165, 1.54) is 12.0 Å². The number of likely N-dealkylation sites (tertiary alicyclic amines) is 1. The van der Waals surface area contributed by atoms with Crippen LogP contribution >= 0.6 is 11.8 Å². The van der Waals surface area contributed by atoms with Crippen LogP contribution in [-0.4, -0.2) is 52.2 Å². The fraction of sp³-hybridized carbons (Fsp3) is 0.611. The van der Waals surface area contributed by atoms with Gasteiger partial charge in [0.05, 0.1) is 0 Å². The average molecular weight is 334 g/mol. The van der Waals surface area contributed by atoms with E-state index in [1.54, 1.807) is 0 Å². The molecule has 2 fully saturated rings. The first-order valence-corrected chi connectivity index (χ1v) is 9.69. The Morgan fingerprint density at radius 2 is 2.04 bits per heavy atom. The number of aliphatic hydroxyl groups is 1. The second kappa shape index (κ2) is 7.69. The highest BCUT2D eigenvalue weighted by Gasteiger charge is 2.37. The van der Waals surface area contributed by atoms with Gasteiger partial charge in [-0.15, -0.1) is 0 Å². The highest BCUT2D eigenvalue weighted by molar-refractivity contribution is 7.99. The molecule has 2 aliphatic heterocycles. The Bertz CT molecular complexity index is 517. The third-order valence-corrected chi connectivity index (χ3v) is 5.95. The molecular weight excluding hydrogens is 308 g/mol. The molecule has 1 aromatic rings. The number of thioether (sulfide) groups is 1. The maximum atomic E-state index is 12.4. The van der Waals surface area contributed by atoms with E-state index in [1.807, 2.05) is 17.8 Å². The van der Waals surface area contributed by atoms with Crippen LogP contribution in [0.3, 0.4) is 0 Å². The summed E-state index contributed by atoms with van der Waals surface area (Å²) in [6.45, 7) is 2.65. The Kier molecular flexibility index (Phi) is 5.62. The zero-order chi connectivity index (χ0) is 16.1. The molecule has 0 radical (unpaired) electrons. The number of benzene rings is 1. The van der Waals surface area contributed by atoms with Gasteiger partial charge in [-0.25, -0.2) is 0 Å². The second-order valence-electron chi connectivity index (χ2n) is 6.61. The number of hydrogen-bond donors (Lipinski definition) is 2. The summed E-state index contributed by atoms with van der Waals surface area (Å²) in [5.41, 5.74) is 0.169. The predicted molar refractivity (Wildman–Crippen MR) is 94.4 cm³/mol. The molecule has 2 saturated heterocycles. The van der Waals surface area contributed by atoms with Gasteiger partial charge in [0.25, 0.3) is 5.91 Å².